The standard InChI is InChI=1S/C21H19N3O4/c1-13-6-5-7-15(10-13)20(26)24-18-9-4-3-8-16(18)21(27)28-12-19(25)17(11-22)14(2)23/h3-10H,12,23H2,1-2H3,(H,24,26)/b17-14+. The highest BCUT2D eigenvalue weighted by molar-refractivity contribution is 6.08. The van der Waals surface area contributed by atoms with Gasteiger partial charge in [-0.2, -0.15) is 5.26 Å². The average Bonchev–Trinajstić information content (AvgIpc) is 2.66. The molecule has 0 aliphatic carbocycles. The summed E-state index contributed by atoms with van der Waals surface area (Å²) in [6.07, 6.45) is 0. The van der Waals surface area contributed by atoms with Crippen molar-refractivity contribution in [2.45, 2.75) is 13.8 Å². The van der Waals surface area contributed by atoms with Crippen molar-refractivity contribution in [2.24, 2.45) is 5.73 Å². The fourth-order valence-corrected chi connectivity index (χ4v) is 2.40. The van der Waals surface area contributed by atoms with E-state index in [4.69, 9.17) is 15.7 Å². The molecule has 2 aromatic rings. The van der Waals surface area contributed by atoms with E-state index in [0.717, 1.165) is 5.56 Å². The SMILES string of the molecule is C/C(N)=C(/C#N)C(=O)COC(=O)c1ccccc1NC(=O)c1cccc(C)c1. The minimum Gasteiger partial charge on any atom is -0.454 e. The summed E-state index contributed by atoms with van der Waals surface area (Å²) in [6.45, 7) is 2.65. The Labute approximate surface area is 162 Å². The van der Waals surface area contributed by atoms with Gasteiger partial charge in [0.15, 0.2) is 6.61 Å². The molecule has 0 radical (unpaired) electrons. The summed E-state index contributed by atoms with van der Waals surface area (Å²) in [5.74, 6) is -1.88. The van der Waals surface area contributed by atoms with Crippen molar-refractivity contribution in [3.8, 4) is 6.07 Å². The lowest BCUT2D eigenvalue weighted by atomic mass is 10.1. The number of aryl methyl sites for hydroxylation is 1. The molecule has 0 bridgehead atoms. The van der Waals surface area contributed by atoms with E-state index in [9.17, 15) is 14.4 Å². The Balaban J connectivity index is 2.14. The molecule has 0 fully saturated rings. The number of amides is 1. The maximum absolute atomic E-state index is 12.4. The number of anilines is 1. The van der Waals surface area contributed by atoms with E-state index in [1.54, 1.807) is 42.5 Å². The molecular formula is C21H19N3O4. The van der Waals surface area contributed by atoms with Crippen LogP contribution >= 0.6 is 0 Å². The molecule has 1 amide bonds. The fourth-order valence-electron chi connectivity index (χ4n) is 2.40. The Hall–Kier alpha value is -3.92. The lowest BCUT2D eigenvalue weighted by Crippen LogP contribution is -2.19. The van der Waals surface area contributed by atoms with E-state index in [1.807, 2.05) is 13.0 Å². The summed E-state index contributed by atoms with van der Waals surface area (Å²) in [7, 11) is 0. The number of carbonyl (C=O) groups is 3. The van der Waals surface area contributed by atoms with Gasteiger partial charge in [0.25, 0.3) is 5.91 Å². The summed E-state index contributed by atoms with van der Waals surface area (Å²) < 4.78 is 4.99. The zero-order chi connectivity index (χ0) is 20.7. The van der Waals surface area contributed by atoms with Gasteiger partial charge in [-0.05, 0) is 38.1 Å². The second-order valence-electron chi connectivity index (χ2n) is 6.04. The van der Waals surface area contributed by atoms with Crippen molar-refractivity contribution in [1.82, 2.24) is 0 Å². The second kappa shape index (κ2) is 9.14. The third kappa shape index (κ3) is 5.05. The Morgan fingerprint density at radius 1 is 1.14 bits per heavy atom. The van der Waals surface area contributed by atoms with Gasteiger partial charge in [-0.25, -0.2) is 4.79 Å². The van der Waals surface area contributed by atoms with E-state index < -0.39 is 18.4 Å². The summed E-state index contributed by atoms with van der Waals surface area (Å²) >= 11 is 0. The zero-order valence-corrected chi connectivity index (χ0v) is 15.5. The molecule has 7 heteroatoms. The molecule has 0 unspecified atom stereocenters. The van der Waals surface area contributed by atoms with Gasteiger partial charge in [-0.15, -0.1) is 0 Å². The second-order valence-corrected chi connectivity index (χ2v) is 6.04. The lowest BCUT2D eigenvalue weighted by molar-refractivity contribution is -0.118. The first-order valence-electron chi connectivity index (χ1n) is 8.37. The summed E-state index contributed by atoms with van der Waals surface area (Å²) in [4.78, 5) is 36.7. The number of benzene rings is 2. The maximum atomic E-state index is 12.4. The Morgan fingerprint density at radius 2 is 1.86 bits per heavy atom. The van der Waals surface area contributed by atoms with Crippen LogP contribution in [0.5, 0.6) is 0 Å². The monoisotopic (exact) mass is 377 g/mol. The largest absolute Gasteiger partial charge is 0.454 e. The number of nitrogens with zero attached hydrogens (tertiary/aromatic N) is 1. The van der Waals surface area contributed by atoms with Crippen LogP contribution in [0.3, 0.4) is 0 Å². The van der Waals surface area contributed by atoms with Crippen molar-refractivity contribution in [2.75, 3.05) is 11.9 Å². The number of hydrogen-bond donors (Lipinski definition) is 2. The van der Waals surface area contributed by atoms with E-state index in [1.165, 1.54) is 13.0 Å². The average molecular weight is 377 g/mol. The summed E-state index contributed by atoms with van der Waals surface area (Å²) in [5.41, 5.74) is 6.96. The molecule has 0 atom stereocenters. The number of allylic oxidation sites excluding steroid dienone is 1. The molecule has 0 aliphatic heterocycles. The molecule has 0 aromatic heterocycles. The highest BCUT2D eigenvalue weighted by Gasteiger charge is 2.18. The number of para-hydroxylation sites is 1. The van der Waals surface area contributed by atoms with Crippen LogP contribution in [0.4, 0.5) is 5.69 Å². The molecule has 0 heterocycles. The predicted octanol–water partition coefficient (Wildman–Crippen LogP) is 2.73. The quantitative estimate of drug-likeness (QED) is 0.453. The number of nitrogens with one attached hydrogen (secondary N) is 1. The minimum atomic E-state index is -0.805. The van der Waals surface area contributed by atoms with Crippen LogP contribution in [0.25, 0.3) is 0 Å². The number of nitriles is 1. The number of nitrogens with two attached hydrogens (primary N) is 1. The molecule has 0 saturated carbocycles. The number of esters is 1. The Morgan fingerprint density at radius 3 is 2.50 bits per heavy atom. The van der Waals surface area contributed by atoms with Crippen LogP contribution in [-0.2, 0) is 9.53 Å². The zero-order valence-electron chi connectivity index (χ0n) is 15.5. The van der Waals surface area contributed by atoms with Crippen LogP contribution in [0.1, 0.15) is 33.2 Å². The number of carbonyl (C=O) groups excluding carboxylic acids is 3. The number of rotatable bonds is 6. The molecule has 2 aromatic carbocycles. The molecule has 0 aliphatic rings. The van der Waals surface area contributed by atoms with Crippen LogP contribution < -0.4 is 11.1 Å². The smallest absolute Gasteiger partial charge is 0.340 e. The highest BCUT2D eigenvalue weighted by Crippen LogP contribution is 2.18. The van der Waals surface area contributed by atoms with Crippen LogP contribution in [0.2, 0.25) is 0 Å². The van der Waals surface area contributed by atoms with Crippen molar-refractivity contribution in [3.05, 3.63) is 76.5 Å². The first-order chi connectivity index (χ1) is 13.3. The van der Waals surface area contributed by atoms with Crippen molar-refractivity contribution in [1.29, 1.82) is 5.26 Å². The molecule has 0 saturated heterocycles. The van der Waals surface area contributed by atoms with Gasteiger partial charge in [0, 0.05) is 11.3 Å². The molecule has 3 N–H and O–H groups in total. The minimum absolute atomic E-state index is 0.0503. The van der Waals surface area contributed by atoms with Gasteiger partial charge in [0.05, 0.1) is 11.3 Å². The Kier molecular flexibility index (Phi) is 6.66. The number of ether oxygens (including phenoxy) is 1. The predicted molar refractivity (Wildman–Crippen MR) is 103 cm³/mol. The molecule has 2 rings (SSSR count). The number of Topliss-reactive ketones (excluding diaryl/α,β-unsaturated/α-hetero) is 1. The summed E-state index contributed by atoms with van der Waals surface area (Å²) in [5, 5.41) is 11.6. The van der Waals surface area contributed by atoms with Crippen molar-refractivity contribution < 1.29 is 19.1 Å². The first kappa shape index (κ1) is 20.4. The van der Waals surface area contributed by atoms with Gasteiger partial charge < -0.3 is 15.8 Å². The molecule has 142 valence electrons. The fraction of sp³-hybridized carbons (Fsp3) is 0.143. The van der Waals surface area contributed by atoms with Crippen molar-refractivity contribution >= 4 is 23.3 Å². The maximum Gasteiger partial charge on any atom is 0.340 e. The normalized spacial score (nSPS) is 11.0. The van der Waals surface area contributed by atoms with Crippen LogP contribution in [-0.4, -0.2) is 24.3 Å². The van der Waals surface area contributed by atoms with Crippen LogP contribution in [0.15, 0.2) is 59.8 Å². The van der Waals surface area contributed by atoms with E-state index >= 15 is 0 Å². The molecule has 7 nitrogen and oxygen atoms in total. The van der Waals surface area contributed by atoms with Gasteiger partial charge in [-0.1, -0.05) is 29.8 Å². The first-order valence-corrected chi connectivity index (χ1v) is 8.37. The van der Waals surface area contributed by atoms with Gasteiger partial charge in [0.2, 0.25) is 5.78 Å². The van der Waals surface area contributed by atoms with Gasteiger partial charge in [0.1, 0.15) is 11.6 Å². The van der Waals surface area contributed by atoms with Crippen LogP contribution in [0, 0.1) is 18.3 Å². The van der Waals surface area contributed by atoms with Gasteiger partial charge >= 0.3 is 5.97 Å². The molecule has 28 heavy (non-hydrogen) atoms. The van der Waals surface area contributed by atoms with E-state index in [0.29, 0.717) is 5.56 Å². The third-order valence-corrected chi connectivity index (χ3v) is 3.79. The van der Waals surface area contributed by atoms with Gasteiger partial charge in [-0.3, -0.25) is 9.59 Å². The number of ketones is 1. The summed E-state index contributed by atoms with van der Waals surface area (Å²) in [6, 6.07) is 15.0. The topological polar surface area (TPSA) is 122 Å². The van der Waals surface area contributed by atoms with Crippen molar-refractivity contribution in [3.63, 3.8) is 0 Å². The highest BCUT2D eigenvalue weighted by atomic mass is 16.5. The lowest BCUT2D eigenvalue weighted by Gasteiger charge is -2.11. The van der Waals surface area contributed by atoms with E-state index in [-0.39, 0.29) is 28.4 Å². The number of hydrogen-bond acceptors (Lipinski definition) is 6. The molecule has 0 spiro atoms. The Bertz CT molecular complexity index is 999. The van der Waals surface area contributed by atoms with E-state index in [2.05, 4.69) is 5.32 Å². The molecular weight excluding hydrogens is 358 g/mol. The third-order valence-electron chi connectivity index (χ3n) is 3.79.